The van der Waals surface area contributed by atoms with Gasteiger partial charge in [0.25, 0.3) is 5.91 Å². The van der Waals surface area contributed by atoms with Crippen LogP contribution in [0.5, 0.6) is 0 Å². The predicted molar refractivity (Wildman–Crippen MR) is 133 cm³/mol. The number of benzene rings is 2. The molecule has 2 atom stereocenters. The molecule has 0 aliphatic carbocycles. The van der Waals surface area contributed by atoms with E-state index in [0.717, 1.165) is 24.6 Å². The van der Waals surface area contributed by atoms with E-state index in [4.69, 9.17) is 23.2 Å². The van der Waals surface area contributed by atoms with Crippen molar-refractivity contribution in [3.63, 3.8) is 0 Å². The van der Waals surface area contributed by atoms with Gasteiger partial charge in [0.15, 0.2) is 0 Å². The number of para-hydroxylation sites is 1. The van der Waals surface area contributed by atoms with E-state index >= 15 is 0 Å². The summed E-state index contributed by atoms with van der Waals surface area (Å²) in [5.74, 6) is 0.636. The zero-order chi connectivity index (χ0) is 22.7. The van der Waals surface area contributed by atoms with Gasteiger partial charge in [0.05, 0.1) is 27.0 Å². The second kappa shape index (κ2) is 9.77. The Labute approximate surface area is 197 Å². The minimum absolute atomic E-state index is 0.239. The van der Waals surface area contributed by atoms with Crippen molar-refractivity contribution < 1.29 is 4.79 Å². The van der Waals surface area contributed by atoms with Crippen molar-refractivity contribution in [2.75, 3.05) is 28.6 Å². The molecule has 0 saturated carbocycles. The van der Waals surface area contributed by atoms with Crippen LogP contribution >= 0.6 is 23.2 Å². The highest BCUT2D eigenvalue weighted by atomic mass is 35.5. The molecule has 2 aromatic carbocycles. The van der Waals surface area contributed by atoms with Crippen molar-refractivity contribution in [3.05, 3.63) is 76.4 Å². The number of hydrogen-bond acceptors (Lipinski definition) is 5. The SMILES string of the molecule is C[C@@H]1CN(c2ccc(C(=O)Nc3ccc(Cl)c(Nc4ccccc4Cl)c3)cn2)C[C@H](C)N1. The molecule has 3 N–H and O–H groups in total. The zero-order valence-corrected chi connectivity index (χ0v) is 19.4. The number of carbonyl (C=O) groups excluding carboxylic acids is 1. The lowest BCUT2D eigenvalue weighted by molar-refractivity contribution is 0.102. The minimum Gasteiger partial charge on any atom is -0.354 e. The summed E-state index contributed by atoms with van der Waals surface area (Å²) in [5.41, 5.74) is 2.48. The summed E-state index contributed by atoms with van der Waals surface area (Å²) < 4.78 is 0. The van der Waals surface area contributed by atoms with Crippen LogP contribution in [0.25, 0.3) is 0 Å². The van der Waals surface area contributed by atoms with E-state index in [-0.39, 0.29) is 5.91 Å². The standard InChI is InChI=1S/C24H25Cl2N5O/c1-15-13-31(14-16(2)28-15)23-10-7-17(12-27-23)24(32)29-18-8-9-20(26)22(11-18)30-21-6-4-3-5-19(21)25/h3-12,15-16,28,30H,13-14H2,1-2H3,(H,29,32)/t15-,16+. The second-order valence-electron chi connectivity index (χ2n) is 8.03. The molecule has 2 heterocycles. The largest absolute Gasteiger partial charge is 0.354 e. The van der Waals surface area contributed by atoms with E-state index in [1.165, 1.54) is 0 Å². The first-order valence-electron chi connectivity index (χ1n) is 10.5. The molecule has 0 spiro atoms. The van der Waals surface area contributed by atoms with Crippen LogP contribution in [0.3, 0.4) is 0 Å². The normalized spacial score (nSPS) is 18.3. The Bertz CT molecular complexity index is 1100. The molecule has 8 heteroatoms. The number of pyridine rings is 1. The maximum absolute atomic E-state index is 12.8. The number of amides is 1. The first kappa shape index (κ1) is 22.4. The van der Waals surface area contributed by atoms with Crippen molar-refractivity contribution in [2.45, 2.75) is 25.9 Å². The predicted octanol–water partition coefficient (Wildman–Crippen LogP) is 5.57. The number of carbonyl (C=O) groups is 1. The minimum atomic E-state index is -0.239. The van der Waals surface area contributed by atoms with Gasteiger partial charge in [-0.05, 0) is 56.3 Å². The number of anilines is 4. The molecule has 1 aromatic heterocycles. The molecule has 1 saturated heterocycles. The highest BCUT2D eigenvalue weighted by Gasteiger charge is 2.22. The van der Waals surface area contributed by atoms with Crippen molar-refractivity contribution in [3.8, 4) is 0 Å². The maximum Gasteiger partial charge on any atom is 0.257 e. The van der Waals surface area contributed by atoms with E-state index in [1.807, 2.05) is 24.3 Å². The molecule has 1 fully saturated rings. The van der Waals surface area contributed by atoms with Crippen LogP contribution in [0, 0.1) is 0 Å². The molecule has 1 aliphatic rings. The fourth-order valence-electron chi connectivity index (χ4n) is 3.83. The van der Waals surface area contributed by atoms with Gasteiger partial charge in [-0.15, -0.1) is 0 Å². The van der Waals surface area contributed by atoms with Gasteiger partial charge in [0.2, 0.25) is 0 Å². The van der Waals surface area contributed by atoms with Crippen molar-refractivity contribution in [2.24, 2.45) is 0 Å². The molecule has 3 aromatic rings. The quantitative estimate of drug-likeness (QED) is 0.455. The summed E-state index contributed by atoms with van der Waals surface area (Å²) in [6.45, 7) is 6.08. The fraction of sp³-hybridized carbons (Fsp3) is 0.250. The lowest BCUT2D eigenvalue weighted by Crippen LogP contribution is -2.54. The van der Waals surface area contributed by atoms with Gasteiger partial charge in [0.1, 0.15) is 5.82 Å². The average molecular weight is 470 g/mol. The Kier molecular flexibility index (Phi) is 6.84. The molecule has 1 aliphatic heterocycles. The first-order chi connectivity index (χ1) is 15.4. The summed E-state index contributed by atoms with van der Waals surface area (Å²) >= 11 is 12.6. The van der Waals surface area contributed by atoms with Gasteiger partial charge >= 0.3 is 0 Å². The Morgan fingerprint density at radius 2 is 1.72 bits per heavy atom. The van der Waals surface area contributed by atoms with Crippen LogP contribution in [0.2, 0.25) is 10.0 Å². The van der Waals surface area contributed by atoms with Crippen molar-refractivity contribution >= 4 is 52.0 Å². The summed E-state index contributed by atoms with van der Waals surface area (Å²) in [6, 6.07) is 17.1. The number of nitrogens with one attached hydrogen (secondary N) is 3. The van der Waals surface area contributed by atoms with Crippen LogP contribution in [0.15, 0.2) is 60.8 Å². The molecule has 4 rings (SSSR count). The third kappa shape index (κ3) is 5.33. The molecule has 32 heavy (non-hydrogen) atoms. The Morgan fingerprint density at radius 3 is 2.41 bits per heavy atom. The molecular formula is C24H25Cl2N5O. The van der Waals surface area contributed by atoms with Gasteiger partial charge in [0, 0.05) is 37.1 Å². The number of aromatic nitrogens is 1. The number of hydrogen-bond donors (Lipinski definition) is 3. The third-order valence-corrected chi connectivity index (χ3v) is 5.92. The van der Waals surface area contributed by atoms with Gasteiger partial charge in [-0.2, -0.15) is 0 Å². The van der Waals surface area contributed by atoms with E-state index in [9.17, 15) is 4.79 Å². The van der Waals surface area contributed by atoms with Crippen molar-refractivity contribution in [1.29, 1.82) is 0 Å². The van der Waals surface area contributed by atoms with Crippen molar-refractivity contribution in [1.82, 2.24) is 10.3 Å². The number of nitrogens with zero attached hydrogens (tertiary/aromatic N) is 2. The first-order valence-corrected chi connectivity index (χ1v) is 11.2. The summed E-state index contributed by atoms with van der Waals surface area (Å²) in [6.07, 6.45) is 1.61. The number of rotatable bonds is 5. The molecular weight excluding hydrogens is 445 g/mol. The molecule has 166 valence electrons. The Hall–Kier alpha value is -2.80. The van der Waals surface area contributed by atoms with E-state index in [2.05, 4.69) is 39.7 Å². The van der Waals surface area contributed by atoms with Crippen LogP contribution in [0.4, 0.5) is 22.9 Å². The summed E-state index contributed by atoms with van der Waals surface area (Å²) in [4.78, 5) is 19.5. The van der Waals surface area contributed by atoms with Crippen LogP contribution in [0.1, 0.15) is 24.2 Å². The maximum atomic E-state index is 12.8. The monoisotopic (exact) mass is 469 g/mol. The molecule has 0 unspecified atom stereocenters. The Balaban J connectivity index is 1.45. The summed E-state index contributed by atoms with van der Waals surface area (Å²) in [5, 5.41) is 10.7. The molecule has 0 bridgehead atoms. The van der Waals surface area contributed by atoms with E-state index in [1.54, 1.807) is 36.5 Å². The number of halogens is 2. The van der Waals surface area contributed by atoms with Crippen LogP contribution in [-0.2, 0) is 0 Å². The molecule has 6 nitrogen and oxygen atoms in total. The molecule has 0 radical (unpaired) electrons. The van der Waals surface area contributed by atoms with Gasteiger partial charge in [-0.25, -0.2) is 4.98 Å². The van der Waals surface area contributed by atoms with Gasteiger partial charge in [-0.1, -0.05) is 35.3 Å². The topological polar surface area (TPSA) is 69.3 Å². The molecule has 1 amide bonds. The van der Waals surface area contributed by atoms with E-state index in [0.29, 0.717) is 39.1 Å². The van der Waals surface area contributed by atoms with Gasteiger partial charge in [-0.3, -0.25) is 4.79 Å². The average Bonchev–Trinajstić information content (AvgIpc) is 2.77. The van der Waals surface area contributed by atoms with E-state index < -0.39 is 0 Å². The van der Waals surface area contributed by atoms with Crippen LogP contribution < -0.4 is 20.9 Å². The lowest BCUT2D eigenvalue weighted by atomic mass is 10.1. The lowest BCUT2D eigenvalue weighted by Gasteiger charge is -2.36. The zero-order valence-electron chi connectivity index (χ0n) is 17.9. The smallest absolute Gasteiger partial charge is 0.257 e. The summed E-state index contributed by atoms with van der Waals surface area (Å²) in [7, 11) is 0. The van der Waals surface area contributed by atoms with Gasteiger partial charge < -0.3 is 20.9 Å². The number of piperazine rings is 1. The Morgan fingerprint density at radius 1 is 1.00 bits per heavy atom. The second-order valence-corrected chi connectivity index (χ2v) is 8.85. The third-order valence-electron chi connectivity index (χ3n) is 5.26. The van der Waals surface area contributed by atoms with Crippen LogP contribution in [-0.4, -0.2) is 36.1 Å². The highest BCUT2D eigenvalue weighted by Crippen LogP contribution is 2.31. The highest BCUT2D eigenvalue weighted by molar-refractivity contribution is 6.35. The fourth-order valence-corrected chi connectivity index (χ4v) is 4.18.